The molecule has 4 N–H and O–H groups in total. The number of aromatic nitrogens is 2. The first kappa shape index (κ1) is 24.6. The number of carbonyl (C=O) groups is 1. The number of nitrogens with one attached hydrogen (secondary N) is 2. The number of rotatable bonds is 8. The van der Waals surface area contributed by atoms with Crippen LogP contribution in [0.4, 0.5) is 36.9 Å². The van der Waals surface area contributed by atoms with Crippen LogP contribution in [0.1, 0.15) is 21.5 Å². The number of likely N-dealkylation sites (N-methyl/N-ethyl adjacent to an activating group) is 1. The Balaban J connectivity index is 1.59. The van der Waals surface area contributed by atoms with E-state index in [9.17, 15) is 13.6 Å². The van der Waals surface area contributed by atoms with E-state index in [-0.39, 0.29) is 11.7 Å². The van der Waals surface area contributed by atoms with E-state index in [0.717, 1.165) is 43.0 Å². The summed E-state index contributed by atoms with van der Waals surface area (Å²) in [7, 11) is 2.05. The molecule has 12 heteroatoms. The van der Waals surface area contributed by atoms with Crippen LogP contribution in [0.5, 0.6) is 5.75 Å². The molecule has 1 amide bonds. The molecule has 1 saturated heterocycles. The normalized spacial score (nSPS) is 14.3. The van der Waals surface area contributed by atoms with Crippen molar-refractivity contribution < 1.29 is 18.3 Å². The van der Waals surface area contributed by atoms with E-state index in [4.69, 9.17) is 10.5 Å². The molecule has 0 unspecified atom stereocenters. The maximum atomic E-state index is 13.2. The molecule has 0 radical (unpaired) electrons. The van der Waals surface area contributed by atoms with E-state index < -0.39 is 12.5 Å². The molecule has 186 valence electrons. The second-order valence-corrected chi connectivity index (χ2v) is 9.19. The Morgan fingerprint density at radius 2 is 1.91 bits per heavy atom. The zero-order valence-electron chi connectivity index (χ0n) is 19.6. The first-order chi connectivity index (χ1) is 16.7. The number of primary amides is 1. The highest BCUT2D eigenvalue weighted by Crippen LogP contribution is 2.34. The molecule has 1 aromatic carbocycles. The quantitative estimate of drug-likeness (QED) is 0.422. The van der Waals surface area contributed by atoms with Gasteiger partial charge in [0.25, 0.3) is 5.91 Å². The topological polar surface area (TPSA) is 109 Å². The minimum absolute atomic E-state index is 0.00000790. The largest absolute Gasteiger partial charge is 0.433 e. The lowest BCUT2D eigenvalue weighted by Crippen LogP contribution is -2.44. The molecule has 1 fully saturated rings. The van der Waals surface area contributed by atoms with Gasteiger partial charge in [-0.25, -0.2) is 4.98 Å². The third-order valence-electron chi connectivity index (χ3n) is 5.72. The number of nitrogens with two attached hydrogens (primary N) is 1. The standard InChI is InChI=1S/C23H27F2N7O2S/c1-13-11-27-23(30-20(13)29-21-18(19(26)33)14(2)12-35-21)28-16-5-4-15(10-17(16)34-22(24)25)32-8-6-31(3)7-9-32/h4-5,10-12,22H,6-9H2,1-3H3,(H2,26,33)(H2,27,28,29,30). The fourth-order valence-electron chi connectivity index (χ4n) is 3.77. The van der Waals surface area contributed by atoms with E-state index in [2.05, 4.69) is 37.4 Å². The third kappa shape index (κ3) is 5.77. The van der Waals surface area contributed by atoms with Crippen LogP contribution in [0.25, 0.3) is 0 Å². The zero-order valence-corrected chi connectivity index (χ0v) is 20.5. The number of nitrogens with zero attached hydrogens (tertiary/aromatic N) is 4. The fourth-order valence-corrected chi connectivity index (χ4v) is 4.72. The van der Waals surface area contributed by atoms with Crippen LogP contribution in [0.15, 0.2) is 29.8 Å². The first-order valence-electron chi connectivity index (χ1n) is 11.0. The summed E-state index contributed by atoms with van der Waals surface area (Å²) < 4.78 is 31.2. The second-order valence-electron chi connectivity index (χ2n) is 8.31. The number of hydrogen-bond acceptors (Lipinski definition) is 9. The van der Waals surface area contributed by atoms with Gasteiger partial charge in [-0.15, -0.1) is 11.3 Å². The summed E-state index contributed by atoms with van der Waals surface area (Å²) in [4.78, 5) is 24.9. The molecule has 3 heterocycles. The maximum Gasteiger partial charge on any atom is 0.387 e. The molecule has 0 atom stereocenters. The zero-order chi connectivity index (χ0) is 25.1. The van der Waals surface area contributed by atoms with Gasteiger partial charge in [-0.05, 0) is 44.0 Å². The van der Waals surface area contributed by atoms with Crippen LogP contribution >= 0.6 is 11.3 Å². The number of thiophene rings is 1. The maximum absolute atomic E-state index is 13.2. The van der Waals surface area contributed by atoms with E-state index in [1.54, 1.807) is 25.3 Å². The highest BCUT2D eigenvalue weighted by Gasteiger charge is 2.19. The number of halogens is 2. The van der Waals surface area contributed by atoms with Crippen molar-refractivity contribution in [2.24, 2.45) is 5.73 Å². The van der Waals surface area contributed by atoms with Gasteiger partial charge in [-0.3, -0.25) is 4.79 Å². The van der Waals surface area contributed by atoms with Crippen molar-refractivity contribution in [3.63, 3.8) is 0 Å². The molecule has 0 aliphatic carbocycles. The van der Waals surface area contributed by atoms with Crippen molar-refractivity contribution in [1.29, 1.82) is 0 Å². The SMILES string of the molecule is Cc1cnc(Nc2ccc(N3CCN(C)CC3)cc2OC(F)F)nc1Nc1scc(C)c1C(N)=O. The first-order valence-corrected chi connectivity index (χ1v) is 11.9. The Morgan fingerprint density at radius 3 is 2.60 bits per heavy atom. The Labute approximate surface area is 205 Å². The lowest BCUT2D eigenvalue weighted by Gasteiger charge is -2.34. The van der Waals surface area contributed by atoms with Gasteiger partial charge >= 0.3 is 6.61 Å². The number of alkyl halides is 2. The monoisotopic (exact) mass is 503 g/mol. The smallest absolute Gasteiger partial charge is 0.387 e. The highest BCUT2D eigenvalue weighted by molar-refractivity contribution is 7.14. The molecule has 2 aromatic heterocycles. The van der Waals surface area contributed by atoms with Gasteiger partial charge in [0, 0.05) is 49.7 Å². The average Bonchev–Trinajstić information content (AvgIpc) is 3.17. The minimum Gasteiger partial charge on any atom is -0.433 e. The Hall–Kier alpha value is -3.51. The Kier molecular flexibility index (Phi) is 7.31. The highest BCUT2D eigenvalue weighted by atomic mass is 32.1. The van der Waals surface area contributed by atoms with Crippen molar-refractivity contribution in [1.82, 2.24) is 14.9 Å². The molecule has 0 spiro atoms. The van der Waals surface area contributed by atoms with Crippen molar-refractivity contribution in [3.8, 4) is 5.75 Å². The number of ether oxygens (including phenoxy) is 1. The van der Waals surface area contributed by atoms with Crippen LogP contribution in [-0.2, 0) is 0 Å². The second kappa shape index (κ2) is 10.4. The van der Waals surface area contributed by atoms with Crippen LogP contribution in [0.3, 0.4) is 0 Å². The average molecular weight is 504 g/mol. The summed E-state index contributed by atoms with van der Waals surface area (Å²) in [6, 6.07) is 5.13. The van der Waals surface area contributed by atoms with Gasteiger partial charge < -0.3 is 30.9 Å². The predicted molar refractivity (Wildman–Crippen MR) is 134 cm³/mol. The number of anilines is 5. The van der Waals surface area contributed by atoms with Crippen molar-refractivity contribution >= 4 is 45.4 Å². The van der Waals surface area contributed by atoms with E-state index in [1.165, 1.54) is 11.3 Å². The van der Waals surface area contributed by atoms with Gasteiger partial charge in [0.05, 0.1) is 11.3 Å². The van der Waals surface area contributed by atoms with Gasteiger partial charge in [-0.1, -0.05) is 0 Å². The van der Waals surface area contributed by atoms with E-state index in [1.807, 2.05) is 18.4 Å². The van der Waals surface area contributed by atoms with E-state index in [0.29, 0.717) is 22.1 Å². The number of benzene rings is 1. The Bertz CT molecular complexity index is 1210. The lowest BCUT2D eigenvalue weighted by molar-refractivity contribution is -0.0493. The molecule has 9 nitrogen and oxygen atoms in total. The van der Waals surface area contributed by atoms with Crippen LogP contribution in [0, 0.1) is 13.8 Å². The lowest BCUT2D eigenvalue weighted by atomic mass is 10.2. The predicted octanol–water partition coefficient (Wildman–Crippen LogP) is 4.09. The van der Waals surface area contributed by atoms with Crippen molar-refractivity contribution in [2.45, 2.75) is 20.5 Å². The summed E-state index contributed by atoms with van der Waals surface area (Å²) >= 11 is 1.34. The number of amides is 1. The van der Waals surface area contributed by atoms with Gasteiger partial charge in [-0.2, -0.15) is 13.8 Å². The number of hydrogen-bond donors (Lipinski definition) is 3. The van der Waals surface area contributed by atoms with Crippen LogP contribution in [0.2, 0.25) is 0 Å². The molecular weight excluding hydrogens is 476 g/mol. The summed E-state index contributed by atoms with van der Waals surface area (Å²) in [6.45, 7) is 4.00. The van der Waals surface area contributed by atoms with Gasteiger partial charge in [0.2, 0.25) is 5.95 Å². The number of piperazine rings is 1. The molecule has 1 aliphatic heterocycles. The number of aryl methyl sites for hydroxylation is 2. The molecule has 0 bridgehead atoms. The van der Waals surface area contributed by atoms with E-state index >= 15 is 0 Å². The molecule has 3 aromatic rings. The molecule has 4 rings (SSSR count). The molecule has 1 aliphatic rings. The van der Waals surface area contributed by atoms with Crippen LogP contribution < -0.4 is 26.0 Å². The summed E-state index contributed by atoms with van der Waals surface area (Å²) in [5.74, 6) is 0.0984. The van der Waals surface area contributed by atoms with Crippen molar-refractivity contribution in [2.75, 3.05) is 48.8 Å². The summed E-state index contributed by atoms with van der Waals surface area (Å²) in [5, 5.41) is 8.51. The van der Waals surface area contributed by atoms with Gasteiger partial charge in [0.1, 0.15) is 10.8 Å². The molecular formula is C23H27F2N7O2S. The third-order valence-corrected chi connectivity index (χ3v) is 6.73. The fraction of sp³-hybridized carbons (Fsp3) is 0.348. The molecule has 0 saturated carbocycles. The molecule has 35 heavy (non-hydrogen) atoms. The number of carbonyl (C=O) groups excluding carboxylic acids is 1. The van der Waals surface area contributed by atoms with Gasteiger partial charge in [0.15, 0.2) is 5.75 Å². The Morgan fingerprint density at radius 1 is 1.17 bits per heavy atom. The van der Waals surface area contributed by atoms with Crippen molar-refractivity contribution in [3.05, 3.63) is 46.5 Å². The summed E-state index contributed by atoms with van der Waals surface area (Å²) in [6.07, 6.45) is 1.59. The minimum atomic E-state index is -2.98. The van der Waals surface area contributed by atoms with Crippen LogP contribution in [-0.4, -0.2) is 60.6 Å². The summed E-state index contributed by atoms with van der Waals surface area (Å²) in [5.41, 5.74) is 8.52.